The number of benzene rings is 7. The highest BCUT2D eigenvalue weighted by Crippen LogP contribution is 2.34. The molecular formula is C75H82Cl2N14O13S4. The van der Waals surface area contributed by atoms with Gasteiger partial charge in [-0.1, -0.05) is 77.8 Å². The van der Waals surface area contributed by atoms with Crippen LogP contribution in [-0.2, 0) is 64.0 Å². The van der Waals surface area contributed by atoms with Crippen LogP contribution in [0, 0.1) is 0 Å². The highest BCUT2D eigenvalue weighted by molar-refractivity contribution is 7.93. The maximum Gasteiger partial charge on any atom is 0.263 e. The van der Waals surface area contributed by atoms with Gasteiger partial charge in [-0.05, 0) is 128 Å². The second-order valence-electron chi connectivity index (χ2n) is 24.8. The number of hydrogen-bond donors (Lipinski definition) is 3. The summed E-state index contributed by atoms with van der Waals surface area (Å²) in [7, 11) is -9.66. The van der Waals surface area contributed by atoms with Crippen LogP contribution < -0.4 is 43.1 Å². The Morgan fingerprint density at radius 3 is 1.73 bits per heavy atom. The molecule has 11 aromatic rings. The summed E-state index contributed by atoms with van der Waals surface area (Å²) in [5.41, 5.74) is 6.31. The van der Waals surface area contributed by atoms with E-state index in [1.165, 1.54) is 82.2 Å². The van der Waals surface area contributed by atoms with Crippen molar-refractivity contribution in [3.63, 3.8) is 0 Å². The van der Waals surface area contributed by atoms with Crippen molar-refractivity contribution in [2.75, 3.05) is 108 Å². The molecule has 0 aliphatic carbocycles. The van der Waals surface area contributed by atoms with Crippen LogP contribution in [0.15, 0.2) is 238 Å². The number of thiazole rings is 1. The molecule has 7 heterocycles. The summed E-state index contributed by atoms with van der Waals surface area (Å²) < 4.78 is 106. The Morgan fingerprint density at radius 1 is 0.593 bits per heavy atom. The molecule has 14 rings (SSSR count). The van der Waals surface area contributed by atoms with Gasteiger partial charge in [-0.3, -0.25) is 33.4 Å². The molecule has 0 saturated carbocycles. The van der Waals surface area contributed by atoms with Gasteiger partial charge in [0.15, 0.2) is 11.2 Å². The van der Waals surface area contributed by atoms with E-state index < -0.39 is 36.2 Å². The number of carbonyl (C=O) groups is 3. The van der Waals surface area contributed by atoms with E-state index >= 15 is 0 Å². The van der Waals surface area contributed by atoms with E-state index in [0.717, 1.165) is 66.4 Å². The first kappa shape index (κ1) is 76.7. The molecule has 3 saturated heterocycles. The monoisotopic (exact) mass is 1580 g/mol. The van der Waals surface area contributed by atoms with Crippen LogP contribution in [0.4, 0.5) is 33.8 Å². The Kier molecular flexibility index (Phi) is 25.0. The zero-order valence-electron chi connectivity index (χ0n) is 58.4. The lowest BCUT2D eigenvalue weighted by Gasteiger charge is -2.36. The Labute approximate surface area is 644 Å². The summed E-state index contributed by atoms with van der Waals surface area (Å²) >= 11 is 13.3. The number of furan rings is 1. The highest BCUT2D eigenvalue weighted by Gasteiger charge is 2.33. The number of ether oxygens (including phenoxy) is 3. The summed E-state index contributed by atoms with van der Waals surface area (Å²) in [6.07, 6.45) is 8.06. The number of nitrogens with one attached hydrogen (secondary N) is 3. The van der Waals surface area contributed by atoms with Crippen LogP contribution >= 0.6 is 34.5 Å². The van der Waals surface area contributed by atoms with Gasteiger partial charge in [-0.15, -0.1) is 11.3 Å². The molecule has 4 aromatic heterocycles. The molecule has 0 bridgehead atoms. The Morgan fingerprint density at radius 2 is 1.16 bits per heavy atom. The van der Waals surface area contributed by atoms with Gasteiger partial charge < -0.3 is 43.1 Å². The molecule has 3 aliphatic heterocycles. The number of aromatic nitrogens is 5. The van der Waals surface area contributed by atoms with Gasteiger partial charge in [-0.2, -0.15) is 0 Å². The molecule has 0 unspecified atom stereocenters. The number of amides is 3. The molecule has 0 radical (unpaired) electrons. The lowest BCUT2D eigenvalue weighted by atomic mass is 10.1. The summed E-state index contributed by atoms with van der Waals surface area (Å²) in [4.78, 5) is 69.9. The molecule has 3 aliphatic rings. The van der Waals surface area contributed by atoms with Crippen molar-refractivity contribution in [1.82, 2.24) is 39.6 Å². The SMILES string of the molecule is COc1ccc2c(CC(=O)N3CCN(c4ccc(S(=O)(=O)Nc5ccncn5)cc4)CC3)coc2c1.C[C@@H](Oc1cccc(Cl)c1Cl)C(=O)N1CCN(c2ccc(S(=O)(=O)Nc3nccs3)cc2)C(=O)C1.O=S(=O)(Nc1ccncn1)c1ccc(N2CCN(Cc3ccccc3OCc3ccccc3)CC2)cc1.[HH].[HH].[HH].[HH]. The van der Waals surface area contributed by atoms with Crippen LogP contribution in [0.25, 0.3) is 11.0 Å². The van der Waals surface area contributed by atoms with Gasteiger partial charge in [-0.25, -0.2) is 50.2 Å². The second kappa shape index (κ2) is 35.2. The van der Waals surface area contributed by atoms with Gasteiger partial charge in [0.1, 0.15) is 65.3 Å². The van der Waals surface area contributed by atoms with Crippen molar-refractivity contribution in [2.45, 2.75) is 47.3 Å². The maximum atomic E-state index is 12.9. The van der Waals surface area contributed by atoms with Crippen LogP contribution in [0.5, 0.6) is 17.2 Å². The van der Waals surface area contributed by atoms with Gasteiger partial charge in [0.05, 0.1) is 39.5 Å². The van der Waals surface area contributed by atoms with E-state index in [2.05, 4.69) is 78.1 Å². The van der Waals surface area contributed by atoms with Crippen molar-refractivity contribution in [3.05, 3.63) is 246 Å². The fraction of sp³-hybridized carbons (Fsp3) is 0.227. The molecule has 1 atom stereocenters. The fourth-order valence-electron chi connectivity index (χ4n) is 12.0. The number of methoxy groups -OCH3 is 1. The van der Waals surface area contributed by atoms with E-state index in [1.54, 1.807) is 92.4 Å². The van der Waals surface area contributed by atoms with Crippen molar-refractivity contribution < 1.29 is 64.0 Å². The molecule has 568 valence electrons. The zero-order valence-corrected chi connectivity index (χ0v) is 63.2. The first-order valence-electron chi connectivity index (χ1n) is 33.9. The van der Waals surface area contributed by atoms with Crippen LogP contribution in [0.1, 0.15) is 29.3 Å². The molecular weight excluding hydrogens is 1500 g/mol. The summed E-state index contributed by atoms with van der Waals surface area (Å²) in [5.74, 6) is 1.74. The summed E-state index contributed by atoms with van der Waals surface area (Å²) in [5, 5.41) is 3.36. The average molecular weight is 1590 g/mol. The van der Waals surface area contributed by atoms with Crippen molar-refractivity contribution in [1.29, 1.82) is 0 Å². The minimum atomic E-state index is -3.80. The van der Waals surface area contributed by atoms with E-state index in [-0.39, 0.29) is 91.7 Å². The number of carbonyl (C=O) groups excluding carboxylic acids is 3. The maximum absolute atomic E-state index is 12.9. The molecule has 3 fully saturated rings. The highest BCUT2D eigenvalue weighted by atomic mass is 35.5. The Balaban J connectivity index is 0.000000207. The van der Waals surface area contributed by atoms with Gasteiger partial charge in [0.25, 0.3) is 36.0 Å². The van der Waals surface area contributed by atoms with Gasteiger partial charge in [0.2, 0.25) is 11.8 Å². The number of fused-ring (bicyclic) bond motifs is 1. The third-order valence-electron chi connectivity index (χ3n) is 17.7. The van der Waals surface area contributed by atoms with Crippen molar-refractivity contribution >= 4 is 127 Å². The first-order valence-corrected chi connectivity index (χ1v) is 40.0. The van der Waals surface area contributed by atoms with E-state index in [9.17, 15) is 39.6 Å². The number of nitrogens with zero attached hydrogens (tertiary/aromatic N) is 11. The number of anilines is 6. The Hall–Kier alpha value is -10.9. The minimum absolute atomic E-state index is 0. The number of para-hydroxylation sites is 1. The summed E-state index contributed by atoms with van der Waals surface area (Å²) in [6, 6.07) is 51.5. The molecule has 27 nitrogen and oxygen atoms in total. The van der Waals surface area contributed by atoms with Crippen LogP contribution in [0.3, 0.4) is 0 Å². The Bertz CT molecular complexity index is 5260. The predicted octanol–water partition coefficient (Wildman–Crippen LogP) is 12.0. The quantitative estimate of drug-likeness (QED) is 0.0536. The molecule has 0 spiro atoms. The molecule has 3 amide bonds. The third-order valence-corrected chi connectivity index (χ3v) is 23.4. The van der Waals surface area contributed by atoms with Crippen molar-refractivity contribution in [3.8, 4) is 17.2 Å². The van der Waals surface area contributed by atoms with Crippen LogP contribution in [0.2, 0.25) is 10.0 Å². The van der Waals surface area contributed by atoms with E-state index in [4.69, 9.17) is 41.8 Å². The van der Waals surface area contributed by atoms with E-state index in [1.807, 2.05) is 65.6 Å². The third kappa shape index (κ3) is 19.8. The number of hydrogen-bond acceptors (Lipinski definition) is 22. The topological polar surface area (TPSA) is 314 Å². The van der Waals surface area contributed by atoms with E-state index in [0.29, 0.717) is 54.8 Å². The van der Waals surface area contributed by atoms with Crippen LogP contribution in [-0.4, -0.2) is 168 Å². The smallest absolute Gasteiger partial charge is 0.263 e. The molecule has 7 aromatic carbocycles. The lowest BCUT2D eigenvalue weighted by molar-refractivity contribution is -0.142. The minimum Gasteiger partial charge on any atom is -0.497 e. The number of halogens is 2. The second-order valence-corrected chi connectivity index (χ2v) is 31.5. The molecule has 3 N–H and O–H groups in total. The number of piperazine rings is 3. The fourth-order valence-corrected chi connectivity index (χ4v) is 16.1. The largest absolute Gasteiger partial charge is 0.497 e. The van der Waals surface area contributed by atoms with Gasteiger partial charge in [0, 0.05) is 141 Å². The normalized spacial score (nSPS) is 14.5. The molecule has 108 heavy (non-hydrogen) atoms. The molecule has 33 heteroatoms. The average Bonchev–Trinajstić information content (AvgIpc) is 1.02. The zero-order chi connectivity index (χ0) is 75.8. The van der Waals surface area contributed by atoms with Crippen molar-refractivity contribution in [2.24, 2.45) is 0 Å². The predicted molar refractivity (Wildman–Crippen MR) is 422 cm³/mol. The lowest BCUT2D eigenvalue weighted by Crippen LogP contribution is -2.54. The standard InChI is InChI=1S/C28H29N5O3S.C25H25N5O5S.C22H20Cl2N4O5S2.4H2/c34-37(35,31-28-14-15-29-22-30-28)26-12-10-25(11-13-26)33-18-16-32(17-19-33)20-24-8-4-5-9-27(24)36-21-23-6-2-1-3-7-23;1-34-20-4-7-22-18(16-35-23(22)15-20)14-25(31)30-12-10-29(11-13-30)19-2-5-21(6-3-19)36(32,33)28-24-8-9-26-17-27-24;1-14(33-18-4-2-3-17(23)20(18)24)21(30)27-10-11-28(19(29)13-27)15-5-7-16(8-6-15)35(31,32)26-22-25-9-12-34-22;;;;/h1-15,22H,16-21H2,(H,29,30,31);2-9,15-17H,10-14H2,1H3,(H,26,27,28);2-9,12,14H,10-11,13H2,1H3,(H,25,26);4*1H/t;;14-;;;;/m..1..../s1. The first-order chi connectivity index (χ1) is 52.1. The summed E-state index contributed by atoms with van der Waals surface area (Å²) in [6.45, 7) is 9.34. The number of rotatable bonds is 23. The van der Waals surface area contributed by atoms with Gasteiger partial charge >= 0.3 is 0 Å². The number of sulfonamides is 3.